The minimum Gasteiger partial charge on any atom is -0.691 e. The molecule has 0 saturated heterocycles. The van der Waals surface area contributed by atoms with Crippen LogP contribution in [0.5, 0.6) is 0 Å². The summed E-state index contributed by atoms with van der Waals surface area (Å²) in [5.41, 5.74) is 0.908. The largest absolute Gasteiger partial charge is 0.691 e. The van der Waals surface area contributed by atoms with Crippen LogP contribution < -0.4 is 5.26 Å². The number of ether oxygens (including phenoxy) is 1. The third-order valence-electron chi connectivity index (χ3n) is 11.9. The molecule has 0 N–H and O–H groups in total. The molecule has 214 valence electrons. The third-order valence-corrected chi connectivity index (χ3v) is 12.6. The summed E-state index contributed by atoms with van der Waals surface area (Å²) in [7, 11) is 0. The van der Waals surface area contributed by atoms with E-state index >= 15 is 0 Å². The van der Waals surface area contributed by atoms with E-state index in [1.807, 2.05) is 0 Å². The van der Waals surface area contributed by atoms with E-state index in [4.69, 9.17) is 4.74 Å². The fraction of sp³-hybridized carbons (Fsp3) is 0.968. The second-order valence-corrected chi connectivity index (χ2v) is 16.0. The molecule has 6 heteroatoms. The molecule has 0 heterocycles. The highest BCUT2D eigenvalue weighted by atomic mass is 32.2. The van der Waals surface area contributed by atoms with Gasteiger partial charge in [0.15, 0.2) is 0 Å². The highest BCUT2D eigenvalue weighted by Crippen LogP contribution is 2.68. The summed E-state index contributed by atoms with van der Waals surface area (Å²) in [6.07, 6.45) is 15.5. The van der Waals surface area contributed by atoms with Crippen molar-refractivity contribution in [2.45, 2.75) is 136 Å². The molecule has 0 amide bonds. The van der Waals surface area contributed by atoms with Gasteiger partial charge in [-0.15, -0.1) is 0 Å². The maximum Gasteiger partial charge on any atom is 0.324 e. The summed E-state index contributed by atoms with van der Waals surface area (Å²) in [5.74, 6) is 5.50. The topological polar surface area (TPSA) is 67.8 Å². The van der Waals surface area contributed by atoms with Crippen LogP contribution in [0.25, 0.3) is 0 Å². The van der Waals surface area contributed by atoms with Crippen LogP contribution in [0.2, 0.25) is 0 Å². The molecule has 9 unspecified atom stereocenters. The molecular weight excluding hydrogens is 484 g/mol. The number of rotatable bonds is 10. The Balaban J connectivity index is 1.37. The van der Waals surface area contributed by atoms with Gasteiger partial charge in [-0.2, -0.15) is 4.33 Å². The van der Waals surface area contributed by atoms with Crippen LogP contribution >= 0.6 is 12.0 Å². The smallest absolute Gasteiger partial charge is 0.324 e. The summed E-state index contributed by atoms with van der Waals surface area (Å²) < 4.78 is 9.41. The molecule has 4 rings (SSSR count). The van der Waals surface area contributed by atoms with Gasteiger partial charge in [0, 0.05) is 12.0 Å². The van der Waals surface area contributed by atoms with Gasteiger partial charge < -0.3 is 9.99 Å². The molecule has 0 bridgehead atoms. The van der Waals surface area contributed by atoms with Crippen LogP contribution in [-0.4, -0.2) is 16.8 Å². The molecule has 0 radical (unpaired) electrons. The van der Waals surface area contributed by atoms with Gasteiger partial charge in [-0.3, -0.25) is 9.83 Å². The van der Waals surface area contributed by atoms with Crippen molar-refractivity contribution in [3.05, 3.63) is 0 Å². The molecule has 0 spiro atoms. The minimum atomic E-state index is -0.971. The molecule has 37 heavy (non-hydrogen) atoms. The lowest BCUT2D eigenvalue weighted by atomic mass is 9.44. The van der Waals surface area contributed by atoms with Crippen LogP contribution in [0.3, 0.4) is 0 Å². The predicted molar refractivity (Wildman–Crippen MR) is 147 cm³/mol. The van der Waals surface area contributed by atoms with Gasteiger partial charge >= 0.3 is 5.97 Å². The Labute approximate surface area is 230 Å². The van der Waals surface area contributed by atoms with Crippen LogP contribution in [-0.2, 0) is 18.9 Å². The summed E-state index contributed by atoms with van der Waals surface area (Å²) in [6.45, 7) is 15.9. The van der Waals surface area contributed by atoms with Crippen molar-refractivity contribution in [1.29, 1.82) is 0 Å². The maximum atomic E-state index is 12.8. The Morgan fingerprint density at radius 2 is 1.68 bits per heavy atom. The molecule has 0 aromatic carbocycles. The molecule has 0 aliphatic heterocycles. The van der Waals surface area contributed by atoms with E-state index in [2.05, 4.69) is 44.0 Å². The van der Waals surface area contributed by atoms with Crippen LogP contribution in [0, 0.1) is 52.3 Å². The van der Waals surface area contributed by atoms with Gasteiger partial charge in [-0.05, 0) is 124 Å². The number of carbonyl (C=O) groups is 1. The van der Waals surface area contributed by atoms with Gasteiger partial charge in [0.1, 0.15) is 10.9 Å². The molecule has 0 aromatic rings. The van der Waals surface area contributed by atoms with Crippen molar-refractivity contribution < 1.29 is 24.2 Å². The monoisotopic (exact) mass is 537 g/mol. The quantitative estimate of drug-likeness (QED) is 0.123. The van der Waals surface area contributed by atoms with Gasteiger partial charge in [0.05, 0.1) is 0 Å². The Morgan fingerprint density at radius 1 is 0.973 bits per heavy atom. The highest BCUT2D eigenvalue weighted by Gasteiger charge is 2.60. The fourth-order valence-electron chi connectivity index (χ4n) is 9.78. The van der Waals surface area contributed by atoms with E-state index in [9.17, 15) is 10.1 Å². The van der Waals surface area contributed by atoms with Crippen molar-refractivity contribution in [2.75, 3.05) is 0 Å². The molecular formula is C31H53O5S-. The summed E-state index contributed by atoms with van der Waals surface area (Å²) >= 11 is 0.719. The van der Waals surface area contributed by atoms with Crippen LogP contribution in [0.4, 0.5) is 0 Å². The second-order valence-electron chi connectivity index (χ2n) is 14.7. The SMILES string of the molecule is CC(C)CCCC(C)C1CCC2C3CCC4CC(OC(=O)C(C)(C)SOO[O-])CCC4(C)C3CCC12C. The molecule has 9 atom stereocenters. The van der Waals surface area contributed by atoms with E-state index in [1.165, 1.54) is 57.8 Å². The van der Waals surface area contributed by atoms with Gasteiger partial charge in [-0.1, -0.05) is 53.9 Å². The average molecular weight is 538 g/mol. The molecule has 4 aliphatic rings. The molecule has 5 nitrogen and oxygen atoms in total. The van der Waals surface area contributed by atoms with Crippen LogP contribution in [0.1, 0.15) is 126 Å². The van der Waals surface area contributed by atoms with E-state index in [0.29, 0.717) is 16.7 Å². The standard InChI is InChI=1S/C31H54O5S/c1-20(2)9-8-10-21(3)25-13-14-26-24-12-11-22-19-23(34-28(32)29(4,5)37-36-35-33)15-17-30(22,6)27(24)16-18-31(25,26)7/h20-27,33H,8-19H2,1-7H3/p-1. The number of carbonyl (C=O) groups excluding carboxylic acids is 1. The molecule has 0 aromatic heterocycles. The third kappa shape index (κ3) is 5.93. The number of hydrogen-bond donors (Lipinski definition) is 0. The Morgan fingerprint density at radius 3 is 2.38 bits per heavy atom. The van der Waals surface area contributed by atoms with Crippen molar-refractivity contribution in [3.8, 4) is 0 Å². The lowest BCUT2D eigenvalue weighted by Crippen LogP contribution is -2.54. The fourth-order valence-corrected chi connectivity index (χ4v) is 10.1. The summed E-state index contributed by atoms with van der Waals surface area (Å²) in [5, 5.41) is 13.6. The molecule has 4 saturated carbocycles. The van der Waals surface area contributed by atoms with Crippen molar-refractivity contribution >= 4 is 18.0 Å². The van der Waals surface area contributed by atoms with E-state index < -0.39 is 4.75 Å². The maximum absolute atomic E-state index is 12.8. The first-order valence-electron chi connectivity index (χ1n) is 15.3. The first-order valence-corrected chi connectivity index (χ1v) is 16.0. The molecule has 4 aliphatic carbocycles. The lowest BCUT2D eigenvalue weighted by Gasteiger charge is -2.61. The zero-order valence-electron chi connectivity index (χ0n) is 24.6. The summed E-state index contributed by atoms with van der Waals surface area (Å²) in [6, 6.07) is 0. The highest BCUT2D eigenvalue weighted by molar-refractivity contribution is 7.96. The Bertz CT molecular complexity index is 786. The average Bonchev–Trinajstić information content (AvgIpc) is 3.20. The first-order chi connectivity index (χ1) is 17.4. The number of fused-ring (bicyclic) bond motifs is 5. The van der Waals surface area contributed by atoms with Gasteiger partial charge in [0.25, 0.3) is 0 Å². The predicted octanol–water partition coefficient (Wildman–Crippen LogP) is 7.67. The van der Waals surface area contributed by atoms with E-state index in [1.54, 1.807) is 13.8 Å². The zero-order valence-corrected chi connectivity index (χ0v) is 25.4. The van der Waals surface area contributed by atoms with E-state index in [-0.39, 0.29) is 12.1 Å². The normalized spacial score (nSPS) is 40.6. The second kappa shape index (κ2) is 11.7. The Kier molecular flexibility index (Phi) is 9.36. The van der Waals surface area contributed by atoms with Crippen molar-refractivity contribution in [1.82, 2.24) is 0 Å². The minimum absolute atomic E-state index is 0.0356. The van der Waals surface area contributed by atoms with Gasteiger partial charge in [0.2, 0.25) is 0 Å². The van der Waals surface area contributed by atoms with Gasteiger partial charge in [-0.25, -0.2) is 0 Å². The van der Waals surface area contributed by atoms with Crippen molar-refractivity contribution in [2.24, 2.45) is 52.3 Å². The van der Waals surface area contributed by atoms with Crippen molar-refractivity contribution in [3.63, 3.8) is 0 Å². The number of esters is 1. The summed E-state index contributed by atoms with van der Waals surface area (Å²) in [4.78, 5) is 12.8. The Hall–Kier alpha value is -0.300. The lowest BCUT2D eigenvalue weighted by molar-refractivity contribution is -0.777. The number of hydrogen-bond acceptors (Lipinski definition) is 6. The first kappa shape index (κ1) is 29.7. The zero-order chi connectivity index (χ0) is 27.0. The van der Waals surface area contributed by atoms with Crippen LogP contribution in [0.15, 0.2) is 0 Å². The van der Waals surface area contributed by atoms with E-state index in [0.717, 1.165) is 66.8 Å². The molecule has 4 fully saturated rings.